The van der Waals surface area contributed by atoms with Crippen LogP contribution in [0.3, 0.4) is 0 Å². The molecule has 1 N–H and O–H groups in total. The molecule has 0 radical (unpaired) electrons. The Morgan fingerprint density at radius 3 is 2.47 bits per heavy atom. The van der Waals surface area contributed by atoms with Gasteiger partial charge in [-0.3, -0.25) is 4.79 Å². The maximum Gasteiger partial charge on any atom is 0.408 e. The van der Waals surface area contributed by atoms with Crippen molar-refractivity contribution >= 4 is 29.3 Å². The quantitative estimate of drug-likeness (QED) is 0.447. The zero-order valence-electron chi connectivity index (χ0n) is 26.4. The van der Waals surface area contributed by atoms with Gasteiger partial charge < -0.3 is 29.2 Å². The second kappa shape index (κ2) is 11.7. The zero-order chi connectivity index (χ0) is 32.3. The minimum absolute atomic E-state index is 0.000824. The third kappa shape index (κ3) is 5.80. The first-order valence-corrected chi connectivity index (χ1v) is 16.0. The Balaban J connectivity index is 1.41. The van der Waals surface area contributed by atoms with E-state index in [1.54, 1.807) is 25.1 Å². The van der Waals surface area contributed by atoms with Crippen LogP contribution in [-0.2, 0) is 14.3 Å². The van der Waals surface area contributed by atoms with Gasteiger partial charge in [-0.2, -0.15) is 0 Å². The lowest BCUT2D eigenvalue weighted by Gasteiger charge is -2.35. The summed E-state index contributed by atoms with van der Waals surface area (Å²) in [5.41, 5.74) is 0.248. The van der Waals surface area contributed by atoms with E-state index >= 15 is 8.78 Å². The number of alkyl halides is 2. The van der Waals surface area contributed by atoms with E-state index < -0.39 is 59.3 Å². The van der Waals surface area contributed by atoms with Gasteiger partial charge in [0, 0.05) is 17.9 Å². The molecule has 8 atom stereocenters. The molecule has 6 rings (SSSR count). The molecular formula is C33H42F2N4O6. The molecule has 10 nitrogen and oxygen atoms in total. The molecule has 3 fully saturated rings. The zero-order valence-corrected chi connectivity index (χ0v) is 26.4. The summed E-state index contributed by atoms with van der Waals surface area (Å²) < 4.78 is 48.6. The molecule has 3 heterocycles. The average Bonchev–Trinajstić information content (AvgIpc) is 3.24. The van der Waals surface area contributed by atoms with E-state index in [0.717, 1.165) is 12.8 Å². The number of hydrogen-bond donors (Lipinski definition) is 1. The smallest absolute Gasteiger partial charge is 0.408 e. The van der Waals surface area contributed by atoms with Crippen molar-refractivity contribution in [3.05, 3.63) is 23.9 Å². The number of amides is 2. The molecule has 2 unspecified atom stereocenters. The molecule has 0 spiro atoms. The Morgan fingerprint density at radius 2 is 1.78 bits per heavy atom. The van der Waals surface area contributed by atoms with Gasteiger partial charge >= 0.3 is 6.09 Å². The number of carbonyl (C=O) groups excluding carboxylic acids is 3. The van der Waals surface area contributed by atoms with E-state index in [1.165, 1.54) is 12.0 Å². The molecule has 2 aromatic rings. The highest BCUT2D eigenvalue weighted by molar-refractivity contribution is 5.89. The highest BCUT2D eigenvalue weighted by Crippen LogP contribution is 2.64. The van der Waals surface area contributed by atoms with Crippen molar-refractivity contribution < 1.29 is 37.4 Å². The van der Waals surface area contributed by atoms with Crippen LogP contribution < -0.4 is 14.8 Å². The molecular weight excluding hydrogens is 586 g/mol. The van der Waals surface area contributed by atoms with Gasteiger partial charge in [-0.05, 0) is 55.6 Å². The molecule has 45 heavy (non-hydrogen) atoms. The van der Waals surface area contributed by atoms with Gasteiger partial charge in [-0.25, -0.2) is 23.5 Å². The lowest BCUT2D eigenvalue weighted by Crippen LogP contribution is -2.56. The van der Waals surface area contributed by atoms with Crippen LogP contribution in [0, 0.1) is 23.2 Å². The number of hydrogen-bond acceptors (Lipinski definition) is 8. The number of carbonyl (C=O) groups is 3. The molecule has 1 aromatic carbocycles. The maximum absolute atomic E-state index is 15.5. The first-order chi connectivity index (χ1) is 21.3. The van der Waals surface area contributed by atoms with Gasteiger partial charge in [0.1, 0.15) is 36.0 Å². The van der Waals surface area contributed by atoms with Gasteiger partial charge in [-0.15, -0.1) is 0 Å². The lowest BCUT2D eigenvalue weighted by atomic mass is 9.85. The molecule has 2 amide bonds. The Kier molecular flexibility index (Phi) is 8.14. The van der Waals surface area contributed by atoms with Crippen LogP contribution in [0.1, 0.15) is 77.8 Å². The highest BCUT2D eigenvalue weighted by atomic mass is 19.3. The lowest BCUT2D eigenvalue weighted by molar-refractivity contribution is -0.139. The van der Waals surface area contributed by atoms with Crippen LogP contribution in [-0.4, -0.2) is 77.0 Å². The normalized spacial score (nSPS) is 33.4. The number of fused-ring (bicyclic) bond motifs is 7. The molecule has 1 saturated heterocycles. The van der Waals surface area contributed by atoms with Crippen molar-refractivity contribution in [2.45, 2.75) is 102 Å². The Hall–Kier alpha value is -3.57. The summed E-state index contributed by atoms with van der Waals surface area (Å²) in [6.45, 7) is 7.28. The summed E-state index contributed by atoms with van der Waals surface area (Å²) in [6.07, 6.45) is 2.81. The highest BCUT2D eigenvalue weighted by Gasteiger charge is 2.70. The third-order valence-corrected chi connectivity index (χ3v) is 10.2. The van der Waals surface area contributed by atoms with E-state index in [2.05, 4.69) is 15.3 Å². The first kappa shape index (κ1) is 31.4. The molecule has 1 aromatic heterocycles. The topological polar surface area (TPSA) is 120 Å². The van der Waals surface area contributed by atoms with Gasteiger partial charge in [0.15, 0.2) is 0 Å². The van der Waals surface area contributed by atoms with E-state index in [9.17, 15) is 14.4 Å². The van der Waals surface area contributed by atoms with Crippen molar-refractivity contribution in [2.24, 2.45) is 23.2 Å². The Bertz CT molecular complexity index is 1480. The molecule has 12 heteroatoms. The summed E-state index contributed by atoms with van der Waals surface area (Å²) in [7, 11) is 1.52. The minimum atomic E-state index is -2.99. The summed E-state index contributed by atoms with van der Waals surface area (Å²) in [5, 5.41) is 2.79. The standard InChI is InChI=1S/C33H42F2N4O6/c1-17-23(16-40)39-15-25(17)44-29-27(36-21-13-12-19(43-5)14-22(21)37-29)26-20(33(26,34)35)10-6-8-18-9-7-11-24(18)45-31(42)38-28(30(39)41)32(2,3)4/h12-14,16-18,20,23-26,28H,6-11,15H2,1-5H3,(H,38,42)/t17-,18+,20?,23+,24+,25-,26?,28+/m0/s1. The summed E-state index contributed by atoms with van der Waals surface area (Å²) in [6, 6.07) is 3.21. The van der Waals surface area contributed by atoms with Crippen LogP contribution in [0.15, 0.2) is 18.2 Å². The van der Waals surface area contributed by atoms with Gasteiger partial charge in [0.05, 0.1) is 36.6 Å². The Morgan fingerprint density at radius 1 is 1.04 bits per heavy atom. The number of ether oxygens (including phenoxy) is 3. The van der Waals surface area contributed by atoms with Crippen LogP contribution in [0.25, 0.3) is 11.0 Å². The molecule has 2 aliphatic carbocycles. The van der Waals surface area contributed by atoms with Crippen LogP contribution >= 0.6 is 0 Å². The first-order valence-electron chi connectivity index (χ1n) is 16.0. The van der Waals surface area contributed by atoms with Crippen molar-refractivity contribution in [1.82, 2.24) is 20.2 Å². The van der Waals surface area contributed by atoms with Crippen LogP contribution in [0.2, 0.25) is 0 Å². The number of alkyl carbamates (subject to hydrolysis) is 1. The van der Waals surface area contributed by atoms with E-state index in [0.29, 0.717) is 42.3 Å². The van der Waals surface area contributed by atoms with Gasteiger partial charge in [0.2, 0.25) is 11.8 Å². The Labute approximate surface area is 261 Å². The second-order valence-corrected chi connectivity index (χ2v) is 14.2. The van der Waals surface area contributed by atoms with Crippen molar-refractivity contribution in [3.8, 4) is 11.6 Å². The van der Waals surface area contributed by atoms with Crippen molar-refractivity contribution in [2.75, 3.05) is 13.7 Å². The number of aldehydes is 1. The van der Waals surface area contributed by atoms with E-state index in [-0.39, 0.29) is 36.6 Å². The van der Waals surface area contributed by atoms with Gasteiger partial charge in [0.25, 0.3) is 5.92 Å². The van der Waals surface area contributed by atoms with Crippen LogP contribution in [0.4, 0.5) is 13.6 Å². The fraction of sp³-hybridized carbons (Fsp3) is 0.667. The summed E-state index contributed by atoms with van der Waals surface area (Å²) in [5.74, 6) is -5.47. The number of halogens is 2. The minimum Gasteiger partial charge on any atom is -0.497 e. The SMILES string of the molecule is COc1ccc2nc3c(nc2c1)O[C@H]1CN(C(=O)[C@H](C(C)(C)C)NC(=O)O[C@@H]2CCC[C@H]2CCCC2C3C2(F)F)[C@H](C=O)[C@@H]1C. The number of benzene rings is 1. The maximum atomic E-state index is 15.5. The number of aromatic nitrogens is 2. The second-order valence-electron chi connectivity index (χ2n) is 14.2. The van der Waals surface area contributed by atoms with Crippen LogP contribution in [0.5, 0.6) is 11.6 Å². The number of nitrogens with one attached hydrogen (secondary N) is 1. The third-order valence-electron chi connectivity index (χ3n) is 10.2. The summed E-state index contributed by atoms with van der Waals surface area (Å²) >= 11 is 0. The fourth-order valence-electron chi connectivity index (χ4n) is 7.47. The van der Waals surface area contributed by atoms with E-state index in [4.69, 9.17) is 14.2 Å². The fourth-order valence-corrected chi connectivity index (χ4v) is 7.47. The number of rotatable bonds is 2. The van der Waals surface area contributed by atoms with Crippen molar-refractivity contribution in [3.63, 3.8) is 0 Å². The van der Waals surface area contributed by atoms with E-state index in [1.807, 2.05) is 20.8 Å². The van der Waals surface area contributed by atoms with Gasteiger partial charge in [-0.1, -0.05) is 34.1 Å². The predicted molar refractivity (Wildman–Crippen MR) is 160 cm³/mol. The van der Waals surface area contributed by atoms with Crippen molar-refractivity contribution in [1.29, 1.82) is 0 Å². The molecule has 2 aliphatic heterocycles. The molecule has 2 bridgehead atoms. The average molecular weight is 629 g/mol. The molecule has 2 saturated carbocycles. The predicted octanol–water partition coefficient (Wildman–Crippen LogP) is 5.27. The number of methoxy groups -OCH3 is 1. The number of nitrogens with zero attached hydrogens (tertiary/aromatic N) is 3. The largest absolute Gasteiger partial charge is 0.497 e. The molecule has 4 aliphatic rings. The summed E-state index contributed by atoms with van der Waals surface area (Å²) in [4.78, 5) is 50.4. The monoisotopic (exact) mass is 628 g/mol. The molecule has 244 valence electrons.